The molecule has 2 bridgehead atoms. The van der Waals surface area contributed by atoms with Gasteiger partial charge in [-0.05, 0) is 52.8 Å². The molecule has 3 aromatic rings. The first kappa shape index (κ1) is 24.8. The number of piperidine rings is 1. The van der Waals surface area contributed by atoms with Crippen LogP contribution < -0.4 is 4.74 Å². The van der Waals surface area contributed by atoms with Crippen LogP contribution in [0.4, 0.5) is 18.0 Å². The molecule has 2 aliphatic heterocycles. The van der Waals surface area contributed by atoms with Gasteiger partial charge in [-0.2, -0.15) is 13.2 Å². The maximum absolute atomic E-state index is 13.6. The molecule has 0 spiro atoms. The van der Waals surface area contributed by atoms with Crippen molar-refractivity contribution in [2.45, 2.75) is 55.5 Å². The fourth-order valence-corrected chi connectivity index (χ4v) is 6.65. The van der Waals surface area contributed by atoms with Crippen molar-refractivity contribution in [3.63, 3.8) is 0 Å². The predicted octanol–water partition coefficient (Wildman–Crippen LogP) is 6.48. The molecule has 2 atom stereocenters. The average molecular weight is 524 g/mol. The van der Waals surface area contributed by atoms with Gasteiger partial charge in [0.25, 0.3) is 0 Å². The fourth-order valence-electron chi connectivity index (χ4n) is 6.65. The number of nitrogens with zero attached hydrogens (tertiary/aromatic N) is 1. The molecule has 38 heavy (non-hydrogen) atoms. The van der Waals surface area contributed by atoms with Crippen LogP contribution >= 0.6 is 0 Å². The number of ether oxygens (including phenoxy) is 2. The first-order valence-electron chi connectivity index (χ1n) is 12.8. The SMILES string of the molecule is COc1ccc(C2(O)CC3CCC(C2)N3C(=O)OCC2c3ccccc3-c3ccccc32)cc1C(F)(F)F. The van der Waals surface area contributed by atoms with E-state index >= 15 is 0 Å². The quantitative estimate of drug-likeness (QED) is 0.426. The van der Waals surface area contributed by atoms with Gasteiger partial charge in [-0.3, -0.25) is 0 Å². The second-order valence-corrected chi connectivity index (χ2v) is 10.4. The molecule has 2 fully saturated rings. The summed E-state index contributed by atoms with van der Waals surface area (Å²) < 4.78 is 51.6. The van der Waals surface area contributed by atoms with Gasteiger partial charge in [-0.15, -0.1) is 0 Å². The molecule has 3 aromatic carbocycles. The minimum Gasteiger partial charge on any atom is -0.496 e. The van der Waals surface area contributed by atoms with Crippen molar-refractivity contribution < 1.29 is 32.5 Å². The number of methoxy groups -OCH3 is 1. The van der Waals surface area contributed by atoms with Gasteiger partial charge in [0, 0.05) is 30.8 Å². The van der Waals surface area contributed by atoms with Crippen molar-refractivity contribution in [2.24, 2.45) is 0 Å². The predicted molar refractivity (Wildman–Crippen MR) is 135 cm³/mol. The number of alkyl halides is 3. The lowest BCUT2D eigenvalue weighted by Gasteiger charge is -2.43. The number of hydrogen-bond acceptors (Lipinski definition) is 4. The van der Waals surface area contributed by atoms with Crippen molar-refractivity contribution in [1.29, 1.82) is 0 Å². The Morgan fingerprint density at radius 1 is 0.974 bits per heavy atom. The Balaban J connectivity index is 1.19. The Bertz CT molecular complexity index is 1330. The Labute approximate surface area is 218 Å². The maximum atomic E-state index is 13.6. The normalized spacial score (nSPS) is 24.2. The molecular weight excluding hydrogens is 495 g/mol. The average Bonchev–Trinajstić information content (AvgIpc) is 3.38. The molecule has 2 unspecified atom stereocenters. The van der Waals surface area contributed by atoms with Crippen LogP contribution in [0.15, 0.2) is 66.7 Å². The lowest BCUT2D eigenvalue weighted by atomic mass is 9.80. The van der Waals surface area contributed by atoms with Gasteiger partial charge < -0.3 is 19.5 Å². The standard InChI is InChI=1S/C30H28F3NO4/c1-37-27-13-10-18(14-26(27)30(31,32)33)29(36)15-19-11-12-20(16-29)34(19)28(35)38-17-25-23-8-4-2-6-21(23)22-7-3-5-9-24(22)25/h2-10,13-14,19-20,25,36H,11-12,15-17H2,1H3. The summed E-state index contributed by atoms with van der Waals surface area (Å²) in [6.07, 6.45) is -3.42. The molecule has 6 rings (SSSR count). The highest BCUT2D eigenvalue weighted by Crippen LogP contribution is 2.49. The lowest BCUT2D eigenvalue weighted by molar-refractivity contribution is -0.139. The van der Waals surface area contributed by atoms with E-state index < -0.39 is 23.4 Å². The summed E-state index contributed by atoms with van der Waals surface area (Å²) in [7, 11) is 1.19. The molecule has 2 saturated heterocycles. The van der Waals surface area contributed by atoms with Crippen molar-refractivity contribution >= 4 is 6.09 Å². The molecule has 8 heteroatoms. The van der Waals surface area contributed by atoms with E-state index in [4.69, 9.17) is 9.47 Å². The van der Waals surface area contributed by atoms with Gasteiger partial charge in [0.1, 0.15) is 12.4 Å². The van der Waals surface area contributed by atoms with Crippen LogP contribution in [0.5, 0.6) is 5.75 Å². The third-order valence-corrected chi connectivity index (χ3v) is 8.36. The first-order chi connectivity index (χ1) is 18.2. The number of carbonyl (C=O) groups excluding carboxylic acids is 1. The van der Waals surface area contributed by atoms with E-state index in [1.807, 2.05) is 24.3 Å². The summed E-state index contributed by atoms with van der Waals surface area (Å²) in [5, 5.41) is 11.5. The summed E-state index contributed by atoms with van der Waals surface area (Å²) in [5.74, 6) is -0.352. The number of fused-ring (bicyclic) bond motifs is 5. The van der Waals surface area contributed by atoms with E-state index in [1.54, 1.807) is 4.90 Å². The molecule has 198 valence electrons. The van der Waals surface area contributed by atoms with Crippen LogP contribution in [0.2, 0.25) is 0 Å². The van der Waals surface area contributed by atoms with Gasteiger partial charge in [0.05, 0.1) is 18.3 Å². The van der Waals surface area contributed by atoms with Crippen LogP contribution in [-0.4, -0.2) is 41.9 Å². The third-order valence-electron chi connectivity index (χ3n) is 8.36. The van der Waals surface area contributed by atoms with Crippen molar-refractivity contribution in [3.05, 3.63) is 89.0 Å². The molecule has 2 heterocycles. The molecular formula is C30H28F3NO4. The van der Waals surface area contributed by atoms with E-state index in [-0.39, 0.29) is 48.8 Å². The summed E-state index contributed by atoms with van der Waals surface area (Å²) >= 11 is 0. The van der Waals surface area contributed by atoms with Crippen molar-refractivity contribution in [3.8, 4) is 16.9 Å². The van der Waals surface area contributed by atoms with E-state index in [1.165, 1.54) is 19.2 Å². The zero-order valence-electron chi connectivity index (χ0n) is 20.9. The minimum atomic E-state index is -4.61. The van der Waals surface area contributed by atoms with Crippen LogP contribution in [0.1, 0.15) is 53.9 Å². The number of aliphatic hydroxyl groups is 1. The second-order valence-electron chi connectivity index (χ2n) is 10.4. The first-order valence-corrected chi connectivity index (χ1v) is 12.8. The maximum Gasteiger partial charge on any atom is 0.419 e. The van der Waals surface area contributed by atoms with Gasteiger partial charge in [0.15, 0.2) is 0 Å². The Morgan fingerprint density at radius 3 is 2.11 bits per heavy atom. The highest BCUT2D eigenvalue weighted by atomic mass is 19.4. The van der Waals surface area contributed by atoms with Gasteiger partial charge >= 0.3 is 12.3 Å². The van der Waals surface area contributed by atoms with Gasteiger partial charge in [0.2, 0.25) is 0 Å². The van der Waals surface area contributed by atoms with Crippen LogP contribution in [0.25, 0.3) is 11.1 Å². The van der Waals surface area contributed by atoms with Crippen molar-refractivity contribution in [1.82, 2.24) is 4.90 Å². The Morgan fingerprint density at radius 2 is 1.55 bits per heavy atom. The monoisotopic (exact) mass is 523 g/mol. The van der Waals surface area contributed by atoms with Crippen LogP contribution in [0, 0.1) is 0 Å². The number of halogens is 3. The number of benzene rings is 3. The van der Waals surface area contributed by atoms with E-state index in [0.29, 0.717) is 12.8 Å². The van der Waals surface area contributed by atoms with E-state index in [9.17, 15) is 23.1 Å². The fraction of sp³-hybridized carbons (Fsp3) is 0.367. The van der Waals surface area contributed by atoms with E-state index in [2.05, 4.69) is 24.3 Å². The number of hydrogen-bond donors (Lipinski definition) is 1. The second kappa shape index (κ2) is 9.05. The molecule has 5 nitrogen and oxygen atoms in total. The zero-order chi connectivity index (χ0) is 26.7. The molecule has 1 amide bonds. The summed E-state index contributed by atoms with van der Waals surface area (Å²) in [5.41, 5.74) is 2.33. The van der Waals surface area contributed by atoms with Gasteiger partial charge in [-0.25, -0.2) is 4.79 Å². The topological polar surface area (TPSA) is 59.0 Å². The highest BCUT2D eigenvalue weighted by molar-refractivity contribution is 5.79. The summed E-state index contributed by atoms with van der Waals surface area (Å²) in [6, 6.07) is 19.3. The lowest BCUT2D eigenvalue weighted by Crippen LogP contribution is -2.52. The molecule has 1 aliphatic carbocycles. The molecule has 3 aliphatic rings. The summed E-state index contributed by atoms with van der Waals surface area (Å²) in [6.45, 7) is 0.195. The Hall–Kier alpha value is -3.52. The minimum absolute atomic E-state index is 0.0641. The van der Waals surface area contributed by atoms with Crippen LogP contribution in [-0.2, 0) is 16.5 Å². The highest BCUT2D eigenvalue weighted by Gasteiger charge is 2.51. The number of carbonyl (C=O) groups is 1. The molecule has 0 saturated carbocycles. The molecule has 0 radical (unpaired) electrons. The smallest absolute Gasteiger partial charge is 0.419 e. The summed E-state index contributed by atoms with van der Waals surface area (Å²) in [4.78, 5) is 15.0. The zero-order valence-corrected chi connectivity index (χ0v) is 20.9. The Kier molecular flexibility index (Phi) is 5.90. The molecule has 0 aromatic heterocycles. The van der Waals surface area contributed by atoms with Crippen molar-refractivity contribution in [2.75, 3.05) is 13.7 Å². The largest absolute Gasteiger partial charge is 0.496 e. The third kappa shape index (κ3) is 4.02. The molecule has 1 N–H and O–H groups in total. The number of amides is 1. The van der Waals surface area contributed by atoms with Gasteiger partial charge in [-0.1, -0.05) is 54.6 Å². The van der Waals surface area contributed by atoms with E-state index in [0.717, 1.165) is 28.3 Å². The number of rotatable bonds is 4. The van der Waals surface area contributed by atoms with Crippen LogP contribution in [0.3, 0.4) is 0 Å².